The summed E-state index contributed by atoms with van der Waals surface area (Å²) < 4.78 is 5.56. The second-order valence-corrected chi connectivity index (χ2v) is 8.39. The first kappa shape index (κ1) is 20.4. The van der Waals surface area contributed by atoms with E-state index in [0.29, 0.717) is 0 Å². The van der Waals surface area contributed by atoms with Crippen molar-refractivity contribution in [2.24, 2.45) is 4.99 Å². The van der Waals surface area contributed by atoms with E-state index in [-0.39, 0.29) is 17.6 Å². The van der Waals surface area contributed by atoms with Crippen molar-refractivity contribution in [2.75, 3.05) is 60.5 Å². The zero-order valence-electron chi connectivity index (χ0n) is 17.4. The maximum atomic E-state index is 12.5. The quantitative estimate of drug-likeness (QED) is 0.587. The van der Waals surface area contributed by atoms with Crippen LogP contribution in [-0.4, -0.2) is 98.7 Å². The summed E-state index contributed by atoms with van der Waals surface area (Å²) in [4.78, 5) is 23.7. The van der Waals surface area contributed by atoms with Crippen molar-refractivity contribution in [1.82, 2.24) is 20.0 Å². The molecule has 1 unspecified atom stereocenters. The zero-order valence-corrected chi connectivity index (χ0v) is 17.4. The normalized spacial score (nSPS) is 26.5. The van der Waals surface area contributed by atoms with Gasteiger partial charge in [-0.15, -0.1) is 0 Å². The Balaban J connectivity index is 1.50. The highest BCUT2D eigenvalue weighted by molar-refractivity contribution is 5.82. The van der Waals surface area contributed by atoms with Crippen LogP contribution in [0.5, 0.6) is 0 Å². The van der Waals surface area contributed by atoms with Crippen molar-refractivity contribution in [3.8, 4) is 0 Å². The minimum Gasteiger partial charge on any atom is -0.368 e. The van der Waals surface area contributed by atoms with Crippen LogP contribution < -0.4 is 5.32 Å². The predicted molar refractivity (Wildman–Crippen MR) is 108 cm³/mol. The molecule has 1 saturated carbocycles. The van der Waals surface area contributed by atoms with E-state index in [4.69, 9.17) is 4.74 Å². The van der Waals surface area contributed by atoms with Gasteiger partial charge in [-0.25, -0.2) is 0 Å². The van der Waals surface area contributed by atoms with Crippen molar-refractivity contribution >= 4 is 11.9 Å². The third-order valence-electron chi connectivity index (χ3n) is 6.62. The van der Waals surface area contributed by atoms with E-state index in [1.165, 1.54) is 32.1 Å². The molecule has 2 heterocycles. The monoisotopic (exact) mass is 379 g/mol. The molecule has 1 N–H and O–H groups in total. The van der Waals surface area contributed by atoms with Crippen LogP contribution in [0.3, 0.4) is 0 Å². The summed E-state index contributed by atoms with van der Waals surface area (Å²) in [6.07, 6.45) is 8.12. The smallest absolute Gasteiger partial charge is 0.251 e. The van der Waals surface area contributed by atoms with Crippen LogP contribution in [0.4, 0.5) is 0 Å². The van der Waals surface area contributed by atoms with Gasteiger partial charge in [0.05, 0.1) is 0 Å². The number of carbonyl (C=O) groups is 1. The third kappa shape index (κ3) is 4.74. The number of likely N-dealkylation sites (N-methyl/N-ethyl adjacent to an activating group) is 1. The molecule has 3 aliphatic rings. The fourth-order valence-electron chi connectivity index (χ4n) is 4.68. The highest BCUT2D eigenvalue weighted by atomic mass is 16.5. The lowest BCUT2D eigenvalue weighted by Crippen LogP contribution is -2.59. The van der Waals surface area contributed by atoms with Crippen LogP contribution in [-0.2, 0) is 9.53 Å². The number of hydrogen-bond donors (Lipinski definition) is 1. The van der Waals surface area contributed by atoms with Crippen molar-refractivity contribution in [1.29, 1.82) is 0 Å². The maximum Gasteiger partial charge on any atom is 0.251 e. The van der Waals surface area contributed by atoms with E-state index < -0.39 is 0 Å². The number of nitrogens with one attached hydrogen (secondary N) is 1. The predicted octanol–water partition coefficient (Wildman–Crippen LogP) is 1.15. The Kier molecular flexibility index (Phi) is 6.98. The molecular weight excluding hydrogens is 342 g/mol. The second kappa shape index (κ2) is 9.24. The Morgan fingerprint density at radius 3 is 2.33 bits per heavy atom. The van der Waals surface area contributed by atoms with Crippen LogP contribution in [0.25, 0.3) is 0 Å². The van der Waals surface area contributed by atoms with Gasteiger partial charge in [0, 0.05) is 51.9 Å². The summed E-state index contributed by atoms with van der Waals surface area (Å²) in [6, 6.07) is 0. The topological polar surface area (TPSA) is 60.4 Å². The van der Waals surface area contributed by atoms with Gasteiger partial charge in [-0.05, 0) is 39.8 Å². The molecule has 0 radical (unpaired) electrons. The summed E-state index contributed by atoms with van der Waals surface area (Å²) >= 11 is 0. The number of nitrogens with zero attached hydrogens (tertiary/aromatic N) is 4. The number of carbonyl (C=O) groups excluding carboxylic acids is 1. The molecule has 0 spiro atoms. The van der Waals surface area contributed by atoms with Gasteiger partial charge in [0.25, 0.3) is 5.91 Å². The van der Waals surface area contributed by atoms with Gasteiger partial charge >= 0.3 is 0 Å². The Labute approximate surface area is 164 Å². The Morgan fingerprint density at radius 1 is 1.11 bits per heavy atom. The molecule has 2 saturated heterocycles. The minimum atomic E-state index is -0.208. The van der Waals surface area contributed by atoms with E-state index in [1.807, 2.05) is 11.9 Å². The summed E-state index contributed by atoms with van der Waals surface area (Å²) in [7, 11) is 6.26. The number of amides is 1. The van der Waals surface area contributed by atoms with E-state index >= 15 is 0 Å². The van der Waals surface area contributed by atoms with Gasteiger partial charge in [-0.1, -0.05) is 19.3 Å². The molecule has 1 amide bonds. The number of ether oxygens (including phenoxy) is 1. The van der Waals surface area contributed by atoms with E-state index in [0.717, 1.165) is 58.1 Å². The molecule has 7 nitrogen and oxygen atoms in total. The SMILES string of the molecule is CN=C(NCC1(N(C)C)CCCCC1)N1CCN(C(=O)C2CCCO2)CC1. The zero-order chi connectivity index (χ0) is 19.3. The molecule has 1 aliphatic carbocycles. The number of hydrogen-bond acceptors (Lipinski definition) is 4. The fourth-order valence-corrected chi connectivity index (χ4v) is 4.68. The first-order valence-corrected chi connectivity index (χ1v) is 10.6. The second-order valence-electron chi connectivity index (χ2n) is 8.39. The van der Waals surface area contributed by atoms with Gasteiger partial charge < -0.3 is 24.8 Å². The Morgan fingerprint density at radius 2 is 1.78 bits per heavy atom. The van der Waals surface area contributed by atoms with Gasteiger partial charge in [0.15, 0.2) is 5.96 Å². The first-order chi connectivity index (χ1) is 13.1. The lowest BCUT2D eigenvalue weighted by Gasteiger charge is -2.44. The molecule has 0 aromatic carbocycles. The standard InChI is InChI=1S/C20H37N5O2/c1-21-19(22-16-20(23(2)3)9-5-4-6-10-20)25-13-11-24(12-14-25)18(26)17-8-7-15-27-17/h17H,4-16H2,1-3H3,(H,21,22). The van der Waals surface area contributed by atoms with E-state index in [9.17, 15) is 4.79 Å². The third-order valence-corrected chi connectivity index (χ3v) is 6.62. The van der Waals surface area contributed by atoms with Gasteiger partial charge in [-0.3, -0.25) is 9.79 Å². The molecule has 3 rings (SSSR count). The highest BCUT2D eigenvalue weighted by Gasteiger charge is 2.35. The molecular formula is C20H37N5O2. The highest BCUT2D eigenvalue weighted by Crippen LogP contribution is 2.31. The Hall–Kier alpha value is -1.34. The van der Waals surface area contributed by atoms with E-state index in [1.54, 1.807) is 0 Å². The van der Waals surface area contributed by atoms with Crippen LogP contribution >= 0.6 is 0 Å². The largest absolute Gasteiger partial charge is 0.368 e. The van der Waals surface area contributed by atoms with Crippen molar-refractivity contribution in [3.05, 3.63) is 0 Å². The molecule has 3 fully saturated rings. The average Bonchev–Trinajstić information content (AvgIpc) is 3.24. The van der Waals surface area contributed by atoms with Crippen LogP contribution in [0.1, 0.15) is 44.9 Å². The van der Waals surface area contributed by atoms with Crippen LogP contribution in [0.15, 0.2) is 4.99 Å². The number of piperazine rings is 1. The summed E-state index contributed by atoms with van der Waals surface area (Å²) in [6.45, 7) is 4.80. The molecule has 27 heavy (non-hydrogen) atoms. The summed E-state index contributed by atoms with van der Waals surface area (Å²) in [5.74, 6) is 1.13. The minimum absolute atomic E-state index is 0.170. The molecule has 154 valence electrons. The molecule has 0 bridgehead atoms. The summed E-state index contributed by atoms with van der Waals surface area (Å²) in [5, 5.41) is 3.64. The maximum absolute atomic E-state index is 12.5. The van der Waals surface area contributed by atoms with Gasteiger partial charge in [0.1, 0.15) is 6.10 Å². The number of aliphatic imine (C=N–C) groups is 1. The first-order valence-electron chi connectivity index (χ1n) is 10.6. The van der Waals surface area contributed by atoms with Gasteiger partial charge in [-0.2, -0.15) is 0 Å². The van der Waals surface area contributed by atoms with Gasteiger partial charge in [0.2, 0.25) is 0 Å². The fraction of sp³-hybridized carbons (Fsp3) is 0.900. The number of guanidine groups is 1. The summed E-state index contributed by atoms with van der Waals surface area (Å²) in [5.41, 5.74) is 0.228. The Bertz CT molecular complexity index is 516. The molecule has 2 aliphatic heterocycles. The molecule has 0 aromatic rings. The van der Waals surface area contributed by atoms with Crippen molar-refractivity contribution < 1.29 is 9.53 Å². The lowest BCUT2D eigenvalue weighted by atomic mass is 9.80. The van der Waals surface area contributed by atoms with Crippen molar-refractivity contribution in [2.45, 2.75) is 56.6 Å². The molecule has 7 heteroatoms. The number of rotatable bonds is 4. The van der Waals surface area contributed by atoms with E-state index in [2.05, 4.69) is 34.2 Å². The molecule has 0 aromatic heterocycles. The van der Waals surface area contributed by atoms with Crippen LogP contribution in [0.2, 0.25) is 0 Å². The average molecular weight is 380 g/mol. The van der Waals surface area contributed by atoms with Crippen molar-refractivity contribution in [3.63, 3.8) is 0 Å². The molecule has 1 atom stereocenters. The van der Waals surface area contributed by atoms with Crippen LogP contribution in [0, 0.1) is 0 Å². The lowest BCUT2D eigenvalue weighted by molar-refractivity contribution is -0.142.